The van der Waals surface area contributed by atoms with Gasteiger partial charge in [-0.25, -0.2) is 10.3 Å². The largest absolute Gasteiger partial charge is 0.300 e. The lowest BCUT2D eigenvalue weighted by atomic mass is 10.1. The van der Waals surface area contributed by atoms with E-state index < -0.39 is 5.82 Å². The Morgan fingerprint density at radius 2 is 2.33 bits per heavy atom. The van der Waals surface area contributed by atoms with E-state index in [1.54, 1.807) is 0 Å². The highest BCUT2D eigenvalue weighted by atomic mass is 19.1. The molecule has 4 heteroatoms. The Balaban J connectivity index is 2.97. The first-order chi connectivity index (χ1) is 5.77. The van der Waals surface area contributed by atoms with Gasteiger partial charge in [-0.15, -0.1) is 0 Å². The summed E-state index contributed by atoms with van der Waals surface area (Å²) in [5.41, 5.74) is 0.629. The van der Waals surface area contributed by atoms with Gasteiger partial charge < -0.3 is 0 Å². The predicted octanol–water partition coefficient (Wildman–Crippen LogP) is 1.09. The van der Waals surface area contributed by atoms with Gasteiger partial charge in [-0.05, 0) is 12.1 Å². The average molecular weight is 166 g/mol. The van der Waals surface area contributed by atoms with Crippen LogP contribution < -0.4 is 5.90 Å². The van der Waals surface area contributed by atoms with Crippen LogP contribution >= 0.6 is 0 Å². The molecule has 0 bridgehead atoms. The van der Waals surface area contributed by atoms with Crippen LogP contribution in [-0.4, -0.2) is 0 Å². The summed E-state index contributed by atoms with van der Waals surface area (Å²) in [7, 11) is 0. The summed E-state index contributed by atoms with van der Waals surface area (Å²) in [4.78, 5) is 4.26. The first kappa shape index (κ1) is 8.65. The van der Waals surface area contributed by atoms with Crippen molar-refractivity contribution in [1.29, 1.82) is 5.26 Å². The molecule has 0 amide bonds. The van der Waals surface area contributed by atoms with Gasteiger partial charge in [-0.1, -0.05) is 6.07 Å². The fourth-order valence-corrected chi connectivity index (χ4v) is 0.824. The SMILES string of the molecule is N#Cc1ccc(CON)c(F)c1. The van der Waals surface area contributed by atoms with Gasteiger partial charge in [0.25, 0.3) is 0 Å². The number of nitriles is 1. The summed E-state index contributed by atoms with van der Waals surface area (Å²) >= 11 is 0. The van der Waals surface area contributed by atoms with Crippen molar-refractivity contribution in [2.75, 3.05) is 0 Å². The average Bonchev–Trinajstić information content (AvgIpc) is 2.09. The van der Waals surface area contributed by atoms with Crippen LogP contribution in [0.5, 0.6) is 0 Å². The van der Waals surface area contributed by atoms with Gasteiger partial charge >= 0.3 is 0 Å². The molecule has 0 aliphatic carbocycles. The lowest BCUT2D eigenvalue weighted by Gasteiger charge is -1.99. The molecule has 0 saturated heterocycles. The molecule has 0 heterocycles. The van der Waals surface area contributed by atoms with Crippen molar-refractivity contribution >= 4 is 0 Å². The molecule has 1 aromatic carbocycles. The highest BCUT2D eigenvalue weighted by molar-refractivity contribution is 5.32. The zero-order valence-electron chi connectivity index (χ0n) is 6.25. The molecule has 0 spiro atoms. The number of rotatable bonds is 2. The Labute approximate surface area is 69.1 Å². The van der Waals surface area contributed by atoms with Gasteiger partial charge in [-0.3, -0.25) is 4.84 Å². The number of hydrogen-bond donors (Lipinski definition) is 1. The van der Waals surface area contributed by atoms with Crippen LogP contribution in [0.1, 0.15) is 11.1 Å². The van der Waals surface area contributed by atoms with Crippen molar-refractivity contribution in [3.8, 4) is 6.07 Å². The van der Waals surface area contributed by atoms with Gasteiger partial charge in [0.1, 0.15) is 5.82 Å². The van der Waals surface area contributed by atoms with Gasteiger partial charge in [0.2, 0.25) is 0 Å². The molecule has 0 fully saturated rings. The molecule has 0 aliphatic rings. The van der Waals surface area contributed by atoms with Crippen LogP contribution in [0.2, 0.25) is 0 Å². The van der Waals surface area contributed by atoms with Crippen LogP contribution in [0.4, 0.5) is 4.39 Å². The summed E-state index contributed by atoms with van der Waals surface area (Å²) in [6.07, 6.45) is 0. The van der Waals surface area contributed by atoms with Crippen LogP contribution in [0.15, 0.2) is 18.2 Å². The zero-order chi connectivity index (χ0) is 8.97. The Morgan fingerprint density at radius 3 is 2.83 bits per heavy atom. The predicted molar refractivity (Wildman–Crippen MR) is 40.1 cm³/mol. The van der Waals surface area contributed by atoms with E-state index in [1.807, 2.05) is 6.07 Å². The number of nitrogens with zero attached hydrogens (tertiary/aromatic N) is 1. The summed E-state index contributed by atoms with van der Waals surface area (Å²) < 4.78 is 12.9. The van der Waals surface area contributed by atoms with E-state index in [-0.39, 0.29) is 12.2 Å². The normalized spacial score (nSPS) is 9.42. The Hall–Kier alpha value is -1.44. The molecule has 0 saturated carbocycles. The van der Waals surface area contributed by atoms with Crippen molar-refractivity contribution in [3.63, 3.8) is 0 Å². The van der Waals surface area contributed by atoms with E-state index in [0.717, 1.165) is 6.07 Å². The highest BCUT2D eigenvalue weighted by Gasteiger charge is 2.02. The number of nitrogens with two attached hydrogens (primary N) is 1. The van der Waals surface area contributed by atoms with Crippen molar-refractivity contribution in [3.05, 3.63) is 35.1 Å². The highest BCUT2D eigenvalue weighted by Crippen LogP contribution is 2.09. The van der Waals surface area contributed by atoms with Crippen molar-refractivity contribution in [1.82, 2.24) is 0 Å². The minimum Gasteiger partial charge on any atom is -0.300 e. The minimum absolute atomic E-state index is 0.0115. The molecular formula is C8H7FN2O. The first-order valence-corrected chi connectivity index (χ1v) is 3.28. The van der Waals surface area contributed by atoms with Gasteiger partial charge in [0, 0.05) is 5.56 Å². The molecule has 12 heavy (non-hydrogen) atoms. The van der Waals surface area contributed by atoms with Gasteiger partial charge in [0.15, 0.2) is 0 Å². The maximum Gasteiger partial charge on any atom is 0.130 e. The second-order valence-corrected chi connectivity index (χ2v) is 2.23. The third-order valence-corrected chi connectivity index (χ3v) is 1.42. The maximum absolute atomic E-state index is 12.9. The van der Waals surface area contributed by atoms with E-state index in [0.29, 0.717) is 5.56 Å². The fraction of sp³-hybridized carbons (Fsp3) is 0.125. The Bertz CT molecular complexity index is 319. The molecule has 0 atom stereocenters. The second kappa shape index (κ2) is 3.81. The maximum atomic E-state index is 12.9. The first-order valence-electron chi connectivity index (χ1n) is 3.28. The quantitative estimate of drug-likeness (QED) is 0.669. The van der Waals surface area contributed by atoms with Crippen LogP contribution in [0.3, 0.4) is 0 Å². The molecule has 0 unspecified atom stereocenters. The standard InChI is InChI=1S/C8H7FN2O/c9-8-3-6(4-10)1-2-7(8)5-12-11/h1-3H,5,11H2. The number of benzene rings is 1. The van der Waals surface area contributed by atoms with E-state index >= 15 is 0 Å². The summed E-state index contributed by atoms with van der Waals surface area (Å²) in [6, 6.07) is 5.96. The Kier molecular flexibility index (Phi) is 2.75. The lowest BCUT2D eigenvalue weighted by molar-refractivity contribution is 0.121. The molecule has 1 aromatic rings. The molecule has 2 N–H and O–H groups in total. The van der Waals surface area contributed by atoms with Gasteiger partial charge in [-0.2, -0.15) is 5.26 Å². The van der Waals surface area contributed by atoms with E-state index in [9.17, 15) is 4.39 Å². The third-order valence-electron chi connectivity index (χ3n) is 1.42. The molecule has 3 nitrogen and oxygen atoms in total. The smallest absolute Gasteiger partial charge is 0.130 e. The van der Waals surface area contributed by atoms with Crippen molar-refractivity contribution < 1.29 is 9.23 Å². The summed E-state index contributed by atoms with van der Waals surface area (Å²) in [6.45, 7) is 0.0115. The monoisotopic (exact) mass is 166 g/mol. The van der Waals surface area contributed by atoms with Crippen LogP contribution in [0.25, 0.3) is 0 Å². The lowest BCUT2D eigenvalue weighted by Crippen LogP contribution is -2.01. The van der Waals surface area contributed by atoms with Crippen LogP contribution in [-0.2, 0) is 11.4 Å². The molecular weight excluding hydrogens is 159 g/mol. The van der Waals surface area contributed by atoms with E-state index in [4.69, 9.17) is 11.2 Å². The number of hydrogen-bond acceptors (Lipinski definition) is 3. The third kappa shape index (κ3) is 1.78. The molecule has 0 radical (unpaired) electrons. The van der Waals surface area contributed by atoms with Gasteiger partial charge in [0.05, 0.1) is 18.2 Å². The van der Waals surface area contributed by atoms with Crippen molar-refractivity contribution in [2.45, 2.75) is 6.61 Å². The van der Waals surface area contributed by atoms with E-state index in [1.165, 1.54) is 12.1 Å². The summed E-state index contributed by atoms with van der Waals surface area (Å²) in [5.74, 6) is 4.30. The van der Waals surface area contributed by atoms with E-state index in [2.05, 4.69) is 4.84 Å². The Morgan fingerprint density at radius 1 is 1.58 bits per heavy atom. The zero-order valence-corrected chi connectivity index (χ0v) is 6.25. The minimum atomic E-state index is -0.473. The summed E-state index contributed by atoms with van der Waals surface area (Å²) in [5, 5.41) is 8.41. The number of halogens is 1. The van der Waals surface area contributed by atoms with Crippen molar-refractivity contribution in [2.24, 2.45) is 5.90 Å². The topological polar surface area (TPSA) is 59.0 Å². The molecule has 62 valence electrons. The molecule has 0 aliphatic heterocycles. The second-order valence-electron chi connectivity index (χ2n) is 2.23. The molecule has 0 aromatic heterocycles. The molecule has 1 rings (SSSR count). The van der Waals surface area contributed by atoms with Crippen LogP contribution in [0, 0.1) is 17.1 Å². The fourth-order valence-electron chi connectivity index (χ4n) is 0.824.